The SMILES string of the molecule is C=C(O)C1C(=O)N(C)c2ccc(C)cc21. The lowest BCUT2D eigenvalue weighted by Gasteiger charge is -2.09. The molecule has 15 heavy (non-hydrogen) atoms. The van der Waals surface area contributed by atoms with E-state index in [1.165, 1.54) is 0 Å². The average molecular weight is 203 g/mol. The van der Waals surface area contributed by atoms with Gasteiger partial charge in [0.2, 0.25) is 5.91 Å². The molecule has 1 unspecified atom stereocenters. The van der Waals surface area contributed by atoms with Crippen LogP contribution in [-0.4, -0.2) is 18.1 Å². The number of benzene rings is 1. The van der Waals surface area contributed by atoms with Crippen molar-refractivity contribution >= 4 is 11.6 Å². The number of amides is 1. The molecule has 3 heteroatoms. The van der Waals surface area contributed by atoms with Crippen LogP contribution >= 0.6 is 0 Å². The molecule has 0 radical (unpaired) electrons. The van der Waals surface area contributed by atoms with Crippen molar-refractivity contribution in [3.63, 3.8) is 0 Å². The first-order chi connectivity index (χ1) is 7.02. The maximum Gasteiger partial charge on any atom is 0.241 e. The van der Waals surface area contributed by atoms with Gasteiger partial charge in [-0.05, 0) is 18.6 Å². The molecule has 1 atom stereocenters. The zero-order valence-electron chi connectivity index (χ0n) is 8.82. The maximum absolute atomic E-state index is 11.8. The standard InChI is InChI=1S/C12H13NO2/c1-7-4-5-10-9(6-7)11(8(2)14)12(15)13(10)3/h4-6,11,14H,2H2,1,3H3. The predicted molar refractivity (Wildman–Crippen MR) is 59.1 cm³/mol. The molecule has 0 aliphatic carbocycles. The zero-order valence-corrected chi connectivity index (χ0v) is 8.82. The number of rotatable bonds is 1. The number of likely N-dealkylation sites (N-methyl/N-ethyl adjacent to an activating group) is 1. The first-order valence-corrected chi connectivity index (χ1v) is 4.78. The van der Waals surface area contributed by atoms with Crippen LogP contribution in [0.3, 0.4) is 0 Å². The van der Waals surface area contributed by atoms with Crippen molar-refractivity contribution in [1.29, 1.82) is 0 Å². The Hall–Kier alpha value is -1.77. The second kappa shape index (κ2) is 3.12. The van der Waals surface area contributed by atoms with E-state index in [0.29, 0.717) is 0 Å². The van der Waals surface area contributed by atoms with E-state index >= 15 is 0 Å². The number of aliphatic hydroxyl groups is 1. The Labute approximate surface area is 88.6 Å². The molecule has 1 aromatic carbocycles. The van der Waals surface area contributed by atoms with E-state index in [0.717, 1.165) is 16.8 Å². The van der Waals surface area contributed by atoms with Crippen LogP contribution in [0.25, 0.3) is 0 Å². The van der Waals surface area contributed by atoms with E-state index in [1.54, 1.807) is 11.9 Å². The fourth-order valence-corrected chi connectivity index (χ4v) is 1.98. The third-order valence-corrected chi connectivity index (χ3v) is 2.77. The molecule has 0 bridgehead atoms. The van der Waals surface area contributed by atoms with Gasteiger partial charge in [-0.3, -0.25) is 4.79 Å². The van der Waals surface area contributed by atoms with Crippen LogP contribution in [0.15, 0.2) is 30.5 Å². The Balaban J connectivity index is 2.61. The highest BCUT2D eigenvalue weighted by molar-refractivity contribution is 6.06. The van der Waals surface area contributed by atoms with E-state index in [9.17, 15) is 9.90 Å². The van der Waals surface area contributed by atoms with Gasteiger partial charge in [0.25, 0.3) is 0 Å². The molecule has 0 spiro atoms. The van der Waals surface area contributed by atoms with Gasteiger partial charge in [0.1, 0.15) is 11.7 Å². The number of hydrogen-bond acceptors (Lipinski definition) is 2. The molecule has 0 fully saturated rings. The van der Waals surface area contributed by atoms with Crippen LogP contribution in [0.2, 0.25) is 0 Å². The van der Waals surface area contributed by atoms with Crippen LogP contribution in [0.1, 0.15) is 17.0 Å². The topological polar surface area (TPSA) is 40.5 Å². The normalized spacial score (nSPS) is 19.2. The average Bonchev–Trinajstić information content (AvgIpc) is 2.39. The maximum atomic E-state index is 11.8. The molecule has 78 valence electrons. The number of aliphatic hydroxyl groups excluding tert-OH is 1. The van der Waals surface area contributed by atoms with Gasteiger partial charge >= 0.3 is 0 Å². The highest BCUT2D eigenvalue weighted by Gasteiger charge is 2.36. The zero-order chi connectivity index (χ0) is 11.2. The van der Waals surface area contributed by atoms with Crippen molar-refractivity contribution in [1.82, 2.24) is 0 Å². The number of fused-ring (bicyclic) bond motifs is 1. The largest absolute Gasteiger partial charge is 0.512 e. The number of aryl methyl sites for hydroxylation is 1. The van der Waals surface area contributed by atoms with E-state index in [4.69, 9.17) is 0 Å². The third-order valence-electron chi connectivity index (χ3n) is 2.77. The summed E-state index contributed by atoms with van der Waals surface area (Å²) < 4.78 is 0. The first-order valence-electron chi connectivity index (χ1n) is 4.78. The van der Waals surface area contributed by atoms with Gasteiger partial charge in [-0.15, -0.1) is 0 Å². The summed E-state index contributed by atoms with van der Waals surface area (Å²) >= 11 is 0. The molecule has 1 N–H and O–H groups in total. The van der Waals surface area contributed by atoms with Crippen LogP contribution in [-0.2, 0) is 4.79 Å². The van der Waals surface area contributed by atoms with Crippen molar-refractivity contribution in [2.75, 3.05) is 11.9 Å². The molecular weight excluding hydrogens is 190 g/mol. The molecule has 1 heterocycles. The molecule has 1 aromatic rings. The van der Waals surface area contributed by atoms with Gasteiger partial charge in [-0.25, -0.2) is 0 Å². The Morgan fingerprint density at radius 1 is 1.53 bits per heavy atom. The van der Waals surface area contributed by atoms with Gasteiger partial charge in [0.05, 0.1) is 0 Å². The second-order valence-electron chi connectivity index (χ2n) is 3.88. The number of nitrogens with zero attached hydrogens (tertiary/aromatic N) is 1. The number of carbonyl (C=O) groups excluding carboxylic acids is 1. The monoisotopic (exact) mass is 203 g/mol. The molecular formula is C12H13NO2. The van der Waals surface area contributed by atoms with Crippen LogP contribution in [0.4, 0.5) is 5.69 Å². The van der Waals surface area contributed by atoms with Gasteiger partial charge in [-0.1, -0.05) is 24.3 Å². The van der Waals surface area contributed by atoms with Crippen LogP contribution in [0, 0.1) is 6.92 Å². The molecule has 0 saturated heterocycles. The summed E-state index contributed by atoms with van der Waals surface area (Å²) in [6.07, 6.45) is 0. The summed E-state index contributed by atoms with van der Waals surface area (Å²) in [6, 6.07) is 5.76. The van der Waals surface area contributed by atoms with E-state index in [-0.39, 0.29) is 11.7 Å². The van der Waals surface area contributed by atoms with Crippen LogP contribution < -0.4 is 4.90 Å². The Bertz CT molecular complexity index is 451. The number of carbonyl (C=O) groups is 1. The summed E-state index contributed by atoms with van der Waals surface area (Å²) in [6.45, 7) is 5.42. The number of anilines is 1. The van der Waals surface area contributed by atoms with Crippen molar-refractivity contribution in [3.8, 4) is 0 Å². The summed E-state index contributed by atoms with van der Waals surface area (Å²) in [7, 11) is 1.71. The minimum absolute atomic E-state index is 0.0869. The van der Waals surface area contributed by atoms with Gasteiger partial charge < -0.3 is 10.0 Å². The van der Waals surface area contributed by atoms with Crippen molar-refractivity contribution < 1.29 is 9.90 Å². The smallest absolute Gasteiger partial charge is 0.241 e. The highest BCUT2D eigenvalue weighted by Crippen LogP contribution is 2.39. The number of hydrogen-bond donors (Lipinski definition) is 1. The minimum Gasteiger partial charge on any atom is -0.512 e. The Morgan fingerprint density at radius 2 is 2.20 bits per heavy atom. The third kappa shape index (κ3) is 1.31. The van der Waals surface area contributed by atoms with Crippen molar-refractivity contribution in [3.05, 3.63) is 41.7 Å². The lowest BCUT2D eigenvalue weighted by atomic mass is 9.98. The minimum atomic E-state index is -0.593. The summed E-state index contributed by atoms with van der Waals surface area (Å²) in [5.41, 5.74) is 2.77. The summed E-state index contributed by atoms with van der Waals surface area (Å²) in [4.78, 5) is 13.4. The highest BCUT2D eigenvalue weighted by atomic mass is 16.3. The van der Waals surface area contributed by atoms with Crippen LogP contribution in [0.5, 0.6) is 0 Å². The molecule has 0 saturated carbocycles. The molecule has 3 nitrogen and oxygen atoms in total. The van der Waals surface area contributed by atoms with Crippen molar-refractivity contribution in [2.24, 2.45) is 0 Å². The summed E-state index contributed by atoms with van der Waals surface area (Å²) in [5, 5.41) is 9.44. The van der Waals surface area contributed by atoms with Gasteiger partial charge in [0.15, 0.2) is 0 Å². The lowest BCUT2D eigenvalue weighted by molar-refractivity contribution is -0.118. The Kier molecular flexibility index (Phi) is 2.03. The van der Waals surface area contributed by atoms with E-state index < -0.39 is 5.92 Å². The van der Waals surface area contributed by atoms with E-state index in [1.807, 2.05) is 25.1 Å². The molecule has 1 aliphatic heterocycles. The molecule has 2 rings (SSSR count). The Morgan fingerprint density at radius 3 is 2.80 bits per heavy atom. The second-order valence-corrected chi connectivity index (χ2v) is 3.88. The molecule has 0 aromatic heterocycles. The quantitative estimate of drug-likeness (QED) is 0.710. The predicted octanol–water partition coefficient (Wildman–Crippen LogP) is 2.13. The molecule has 1 amide bonds. The molecule has 1 aliphatic rings. The van der Waals surface area contributed by atoms with Gasteiger partial charge in [-0.2, -0.15) is 0 Å². The summed E-state index contributed by atoms with van der Waals surface area (Å²) in [5.74, 6) is -0.802. The first kappa shape index (κ1) is 9.77. The van der Waals surface area contributed by atoms with Crippen molar-refractivity contribution in [2.45, 2.75) is 12.8 Å². The fourth-order valence-electron chi connectivity index (χ4n) is 1.98. The van der Waals surface area contributed by atoms with E-state index in [2.05, 4.69) is 6.58 Å². The lowest BCUT2D eigenvalue weighted by Crippen LogP contribution is -2.24. The van der Waals surface area contributed by atoms with Gasteiger partial charge in [0, 0.05) is 12.7 Å². The fraction of sp³-hybridized carbons (Fsp3) is 0.250.